The number of hydrogen-bond donors (Lipinski definition) is 2. The lowest BCUT2D eigenvalue weighted by Gasteiger charge is -2.08. The van der Waals surface area contributed by atoms with Crippen LogP contribution in [-0.2, 0) is 15.6 Å². The fourth-order valence-electron chi connectivity index (χ4n) is 2.32. The second-order valence-electron chi connectivity index (χ2n) is 5.67. The Morgan fingerprint density at radius 2 is 1.96 bits per heavy atom. The van der Waals surface area contributed by atoms with E-state index in [4.69, 9.17) is 22.1 Å². The first-order valence-electron chi connectivity index (χ1n) is 8.04. The molecule has 0 amide bonds. The van der Waals surface area contributed by atoms with Crippen LogP contribution in [0.1, 0.15) is 12.0 Å². The third kappa shape index (κ3) is 6.57. The van der Waals surface area contributed by atoms with E-state index in [2.05, 4.69) is 10.3 Å². The molecule has 0 unspecified atom stereocenters. The van der Waals surface area contributed by atoms with Gasteiger partial charge >= 0.3 is 0 Å². The molecule has 0 saturated heterocycles. The quantitative estimate of drug-likeness (QED) is 0.407. The lowest BCUT2D eigenvalue weighted by Crippen LogP contribution is -2.23. The molecule has 0 aliphatic heterocycles. The van der Waals surface area contributed by atoms with Gasteiger partial charge in [-0.2, -0.15) is 0 Å². The molecule has 0 spiro atoms. The van der Waals surface area contributed by atoms with Crippen LogP contribution in [0.3, 0.4) is 0 Å². The molecule has 2 aromatic rings. The summed E-state index contributed by atoms with van der Waals surface area (Å²) in [4.78, 5) is 4.15. The van der Waals surface area contributed by atoms with Crippen LogP contribution in [0.5, 0.6) is 5.75 Å². The summed E-state index contributed by atoms with van der Waals surface area (Å²) >= 11 is 6.04. The fourth-order valence-corrected chi connectivity index (χ4v) is 3.99. The van der Waals surface area contributed by atoms with Crippen molar-refractivity contribution < 1.29 is 13.2 Å². The summed E-state index contributed by atoms with van der Waals surface area (Å²) in [5.74, 6) is 0.867. The van der Waals surface area contributed by atoms with E-state index in [0.29, 0.717) is 29.4 Å². The average Bonchev–Trinajstić information content (AvgIpc) is 2.59. The smallest absolute Gasteiger partial charge is 0.193 e. The van der Waals surface area contributed by atoms with Crippen molar-refractivity contribution in [3.63, 3.8) is 0 Å². The van der Waals surface area contributed by atoms with E-state index in [1.54, 1.807) is 30.3 Å². The molecule has 0 aromatic heterocycles. The third-order valence-corrected chi connectivity index (χ3v) is 5.53. The Hall–Kier alpha value is -2.25. The van der Waals surface area contributed by atoms with Crippen molar-refractivity contribution >= 4 is 33.1 Å². The molecule has 0 aliphatic rings. The van der Waals surface area contributed by atoms with Crippen LogP contribution in [0, 0.1) is 0 Å². The highest BCUT2D eigenvalue weighted by atomic mass is 35.5. The summed E-state index contributed by atoms with van der Waals surface area (Å²) in [6.07, 6.45) is 0.404. The van der Waals surface area contributed by atoms with E-state index in [0.717, 1.165) is 5.56 Å². The Labute approximate surface area is 159 Å². The van der Waals surface area contributed by atoms with Crippen molar-refractivity contribution in [3.8, 4) is 5.75 Å². The van der Waals surface area contributed by atoms with E-state index < -0.39 is 9.84 Å². The predicted octanol–water partition coefficient (Wildman–Crippen LogP) is 3.08. The Morgan fingerprint density at radius 3 is 2.62 bits per heavy atom. The number of aliphatic imine (C=N–C) groups is 1. The second kappa shape index (κ2) is 9.45. The number of hydrogen-bond acceptors (Lipinski definition) is 4. The van der Waals surface area contributed by atoms with Crippen molar-refractivity contribution in [3.05, 3.63) is 59.1 Å². The highest BCUT2D eigenvalue weighted by molar-refractivity contribution is 7.90. The summed E-state index contributed by atoms with van der Waals surface area (Å²) in [6, 6.07) is 14.3. The SMILES string of the molecule is COc1ccc(NC(N)=NCCCS(=O)(=O)Cc2ccccc2)cc1Cl. The van der Waals surface area contributed by atoms with E-state index >= 15 is 0 Å². The van der Waals surface area contributed by atoms with Crippen LogP contribution in [0.4, 0.5) is 5.69 Å². The van der Waals surface area contributed by atoms with E-state index in [1.807, 2.05) is 18.2 Å². The summed E-state index contributed by atoms with van der Waals surface area (Å²) in [7, 11) is -1.63. The molecule has 0 saturated carbocycles. The minimum atomic E-state index is -3.17. The second-order valence-corrected chi connectivity index (χ2v) is 8.26. The molecule has 0 aliphatic carbocycles. The Bertz CT molecular complexity index is 855. The maximum atomic E-state index is 12.1. The highest BCUT2D eigenvalue weighted by Gasteiger charge is 2.11. The fraction of sp³-hybridized carbons (Fsp3) is 0.278. The van der Waals surface area contributed by atoms with Gasteiger partial charge in [-0.3, -0.25) is 4.99 Å². The molecular formula is C18H22ClN3O3S. The van der Waals surface area contributed by atoms with Crippen molar-refractivity contribution in [2.45, 2.75) is 12.2 Å². The number of sulfone groups is 1. The highest BCUT2D eigenvalue weighted by Crippen LogP contribution is 2.27. The molecule has 0 heterocycles. The number of ether oxygens (including phenoxy) is 1. The number of rotatable bonds is 8. The number of nitrogens with two attached hydrogens (primary N) is 1. The number of halogens is 1. The normalized spacial score (nSPS) is 12.0. The molecule has 0 fully saturated rings. The zero-order valence-corrected chi connectivity index (χ0v) is 16.1. The third-order valence-electron chi connectivity index (χ3n) is 3.55. The van der Waals surface area contributed by atoms with Crippen LogP contribution in [0.25, 0.3) is 0 Å². The van der Waals surface area contributed by atoms with Gasteiger partial charge in [-0.25, -0.2) is 8.42 Å². The van der Waals surface area contributed by atoms with Gasteiger partial charge in [0.1, 0.15) is 5.75 Å². The Morgan fingerprint density at radius 1 is 1.23 bits per heavy atom. The lowest BCUT2D eigenvalue weighted by molar-refractivity contribution is 0.415. The first-order chi connectivity index (χ1) is 12.4. The van der Waals surface area contributed by atoms with Crippen molar-refractivity contribution in [2.24, 2.45) is 10.7 Å². The molecule has 0 atom stereocenters. The first-order valence-corrected chi connectivity index (χ1v) is 10.2. The molecule has 2 aromatic carbocycles. The Balaban J connectivity index is 1.81. The minimum absolute atomic E-state index is 0.0373. The number of benzene rings is 2. The van der Waals surface area contributed by atoms with Gasteiger partial charge in [0.2, 0.25) is 0 Å². The number of methoxy groups -OCH3 is 1. The zero-order valence-electron chi connectivity index (χ0n) is 14.5. The number of nitrogens with one attached hydrogen (secondary N) is 1. The van der Waals surface area contributed by atoms with E-state index in [9.17, 15) is 8.42 Å². The molecule has 3 N–H and O–H groups in total. The molecule has 0 bridgehead atoms. The van der Waals surface area contributed by atoms with Gasteiger partial charge in [-0.05, 0) is 30.2 Å². The molecular weight excluding hydrogens is 374 g/mol. The average molecular weight is 396 g/mol. The van der Waals surface area contributed by atoms with Gasteiger partial charge < -0.3 is 15.8 Å². The monoisotopic (exact) mass is 395 g/mol. The molecule has 26 heavy (non-hydrogen) atoms. The van der Waals surface area contributed by atoms with Gasteiger partial charge in [-0.1, -0.05) is 41.9 Å². The van der Waals surface area contributed by atoms with E-state index in [1.165, 1.54) is 7.11 Å². The molecule has 140 valence electrons. The lowest BCUT2D eigenvalue weighted by atomic mass is 10.2. The zero-order chi connectivity index (χ0) is 19.0. The van der Waals surface area contributed by atoms with Gasteiger partial charge in [0.25, 0.3) is 0 Å². The van der Waals surface area contributed by atoms with Gasteiger partial charge in [0.15, 0.2) is 15.8 Å². The number of nitrogens with zero attached hydrogens (tertiary/aromatic N) is 1. The van der Waals surface area contributed by atoms with Crippen LogP contribution >= 0.6 is 11.6 Å². The Kier molecular flexibility index (Phi) is 7.29. The largest absolute Gasteiger partial charge is 0.495 e. The summed E-state index contributed by atoms with van der Waals surface area (Å²) in [6.45, 7) is 0.316. The molecule has 0 radical (unpaired) electrons. The minimum Gasteiger partial charge on any atom is -0.495 e. The maximum absolute atomic E-state index is 12.1. The standard InChI is InChI=1S/C18H22ClN3O3S/c1-25-17-9-8-15(12-16(17)19)22-18(20)21-10-5-11-26(23,24)13-14-6-3-2-4-7-14/h2-4,6-9,12H,5,10-11,13H2,1H3,(H3,20,21,22). The number of guanidine groups is 1. The van der Waals surface area contributed by atoms with Crippen LogP contribution < -0.4 is 15.8 Å². The van der Waals surface area contributed by atoms with Crippen LogP contribution in [0.15, 0.2) is 53.5 Å². The molecule has 6 nitrogen and oxygen atoms in total. The van der Waals surface area contributed by atoms with Gasteiger partial charge in [-0.15, -0.1) is 0 Å². The van der Waals surface area contributed by atoms with Gasteiger partial charge in [0, 0.05) is 12.2 Å². The van der Waals surface area contributed by atoms with Crippen molar-refractivity contribution in [1.29, 1.82) is 0 Å². The number of anilines is 1. The molecule has 2 rings (SSSR count). The van der Waals surface area contributed by atoms with Crippen molar-refractivity contribution in [1.82, 2.24) is 0 Å². The van der Waals surface area contributed by atoms with Gasteiger partial charge in [0.05, 0.1) is 23.6 Å². The summed E-state index contributed by atoms with van der Waals surface area (Å²) in [5, 5.41) is 3.37. The van der Waals surface area contributed by atoms with Crippen LogP contribution in [0.2, 0.25) is 5.02 Å². The van der Waals surface area contributed by atoms with E-state index in [-0.39, 0.29) is 17.5 Å². The summed E-state index contributed by atoms with van der Waals surface area (Å²) in [5.41, 5.74) is 7.28. The first kappa shape index (κ1) is 20.1. The van der Waals surface area contributed by atoms with Crippen LogP contribution in [-0.4, -0.2) is 33.8 Å². The topological polar surface area (TPSA) is 93.8 Å². The predicted molar refractivity (Wildman–Crippen MR) is 107 cm³/mol. The maximum Gasteiger partial charge on any atom is 0.193 e. The molecule has 8 heteroatoms. The summed E-state index contributed by atoms with van der Waals surface area (Å²) < 4.78 is 29.3. The van der Waals surface area contributed by atoms with Crippen molar-refractivity contribution in [2.75, 3.05) is 24.7 Å².